The first kappa shape index (κ1) is 13.5. The standard InChI is InChI=1S/C13H23N3O2/c1-3-4-15-10-14-5-12(15)6-16-7-13(8-17)18-9-11(16)2/h5,10-11,13,17H,3-4,6-9H2,1-2H3. The third-order valence-electron chi connectivity index (χ3n) is 3.47. The van der Waals surface area contributed by atoms with Gasteiger partial charge in [0.25, 0.3) is 0 Å². The first-order valence-corrected chi connectivity index (χ1v) is 6.70. The minimum Gasteiger partial charge on any atom is -0.394 e. The van der Waals surface area contributed by atoms with Crippen molar-refractivity contribution in [3.63, 3.8) is 0 Å². The summed E-state index contributed by atoms with van der Waals surface area (Å²) in [4.78, 5) is 6.58. The minimum absolute atomic E-state index is 0.0521. The lowest BCUT2D eigenvalue weighted by Gasteiger charge is -2.37. The van der Waals surface area contributed by atoms with Gasteiger partial charge in [0.05, 0.1) is 31.3 Å². The number of aliphatic hydroxyl groups is 1. The van der Waals surface area contributed by atoms with Gasteiger partial charge < -0.3 is 14.4 Å². The Balaban J connectivity index is 2.00. The zero-order chi connectivity index (χ0) is 13.0. The lowest BCUT2D eigenvalue weighted by Crippen LogP contribution is -2.49. The van der Waals surface area contributed by atoms with Crippen LogP contribution in [-0.2, 0) is 17.8 Å². The van der Waals surface area contributed by atoms with E-state index in [0.29, 0.717) is 12.6 Å². The Bertz CT molecular complexity index is 367. The topological polar surface area (TPSA) is 50.5 Å². The Hall–Kier alpha value is -0.910. The van der Waals surface area contributed by atoms with Gasteiger partial charge in [0, 0.05) is 31.9 Å². The van der Waals surface area contributed by atoms with Crippen molar-refractivity contribution >= 4 is 0 Å². The molecule has 0 aromatic carbocycles. The van der Waals surface area contributed by atoms with Crippen LogP contribution >= 0.6 is 0 Å². The molecule has 1 fully saturated rings. The molecule has 5 heteroatoms. The molecule has 0 bridgehead atoms. The first-order valence-electron chi connectivity index (χ1n) is 6.70. The van der Waals surface area contributed by atoms with E-state index >= 15 is 0 Å². The molecule has 2 atom stereocenters. The number of aromatic nitrogens is 2. The zero-order valence-electron chi connectivity index (χ0n) is 11.2. The molecule has 1 saturated heterocycles. The number of rotatable bonds is 5. The fraction of sp³-hybridized carbons (Fsp3) is 0.769. The Morgan fingerprint density at radius 3 is 3.11 bits per heavy atom. The monoisotopic (exact) mass is 253 g/mol. The second kappa shape index (κ2) is 6.31. The molecule has 102 valence electrons. The summed E-state index contributed by atoms with van der Waals surface area (Å²) in [6.45, 7) is 7.79. The van der Waals surface area contributed by atoms with Crippen LogP contribution in [0.2, 0.25) is 0 Å². The lowest BCUT2D eigenvalue weighted by atomic mass is 10.2. The SMILES string of the molecule is CCCn1cncc1CN1CC(CO)OCC1C. The van der Waals surface area contributed by atoms with Crippen LogP contribution < -0.4 is 0 Å². The molecule has 2 unspecified atom stereocenters. The molecule has 1 aliphatic rings. The highest BCUT2D eigenvalue weighted by Crippen LogP contribution is 2.15. The van der Waals surface area contributed by atoms with E-state index in [2.05, 4.69) is 28.3 Å². The third-order valence-corrected chi connectivity index (χ3v) is 3.47. The Labute approximate surface area is 108 Å². The van der Waals surface area contributed by atoms with Crippen molar-refractivity contribution in [3.05, 3.63) is 18.2 Å². The second-order valence-electron chi connectivity index (χ2n) is 4.99. The highest BCUT2D eigenvalue weighted by molar-refractivity contribution is 4.99. The fourth-order valence-electron chi connectivity index (χ4n) is 2.34. The molecular weight excluding hydrogens is 230 g/mol. The van der Waals surface area contributed by atoms with Crippen molar-refractivity contribution in [2.45, 2.75) is 45.5 Å². The first-order chi connectivity index (χ1) is 8.74. The number of morpholine rings is 1. The highest BCUT2D eigenvalue weighted by atomic mass is 16.5. The second-order valence-corrected chi connectivity index (χ2v) is 4.99. The number of aryl methyl sites for hydroxylation is 1. The molecule has 0 saturated carbocycles. The van der Waals surface area contributed by atoms with Gasteiger partial charge in [0.15, 0.2) is 0 Å². The predicted molar refractivity (Wildman–Crippen MR) is 69.2 cm³/mol. The predicted octanol–water partition coefficient (Wildman–Crippen LogP) is 0.875. The average molecular weight is 253 g/mol. The van der Waals surface area contributed by atoms with E-state index in [-0.39, 0.29) is 12.7 Å². The van der Waals surface area contributed by atoms with Crippen LogP contribution in [0.15, 0.2) is 12.5 Å². The van der Waals surface area contributed by atoms with Gasteiger partial charge in [-0.15, -0.1) is 0 Å². The average Bonchev–Trinajstić information content (AvgIpc) is 2.80. The van der Waals surface area contributed by atoms with Gasteiger partial charge in [0.2, 0.25) is 0 Å². The van der Waals surface area contributed by atoms with Gasteiger partial charge in [0.1, 0.15) is 0 Å². The molecular formula is C13H23N3O2. The third kappa shape index (κ3) is 3.10. The van der Waals surface area contributed by atoms with Crippen molar-refractivity contribution in [1.29, 1.82) is 0 Å². The van der Waals surface area contributed by atoms with Crippen molar-refractivity contribution in [1.82, 2.24) is 14.5 Å². The highest BCUT2D eigenvalue weighted by Gasteiger charge is 2.26. The molecule has 0 spiro atoms. The smallest absolute Gasteiger partial charge is 0.0948 e. The van der Waals surface area contributed by atoms with Gasteiger partial charge >= 0.3 is 0 Å². The molecule has 2 rings (SSSR count). The quantitative estimate of drug-likeness (QED) is 0.846. The Kier molecular flexibility index (Phi) is 4.74. The number of aliphatic hydroxyl groups excluding tert-OH is 1. The van der Waals surface area contributed by atoms with Gasteiger partial charge in [-0.2, -0.15) is 0 Å². The summed E-state index contributed by atoms with van der Waals surface area (Å²) in [5.41, 5.74) is 1.24. The summed E-state index contributed by atoms with van der Waals surface area (Å²) in [7, 11) is 0. The number of imidazole rings is 1. The Morgan fingerprint density at radius 2 is 2.39 bits per heavy atom. The van der Waals surface area contributed by atoms with Crippen LogP contribution in [0, 0.1) is 0 Å². The number of nitrogens with zero attached hydrogens (tertiary/aromatic N) is 3. The largest absolute Gasteiger partial charge is 0.394 e. The summed E-state index contributed by atoms with van der Waals surface area (Å²) in [5, 5.41) is 9.19. The molecule has 2 heterocycles. The summed E-state index contributed by atoms with van der Waals surface area (Å²) < 4.78 is 7.76. The van der Waals surface area contributed by atoms with E-state index in [1.165, 1.54) is 5.69 Å². The van der Waals surface area contributed by atoms with Crippen LogP contribution in [0.4, 0.5) is 0 Å². The van der Waals surface area contributed by atoms with Gasteiger partial charge in [-0.1, -0.05) is 6.92 Å². The van der Waals surface area contributed by atoms with E-state index in [1.807, 2.05) is 12.5 Å². The van der Waals surface area contributed by atoms with Gasteiger partial charge in [-0.25, -0.2) is 4.98 Å². The maximum Gasteiger partial charge on any atom is 0.0948 e. The van der Waals surface area contributed by atoms with Crippen molar-refractivity contribution < 1.29 is 9.84 Å². The molecule has 1 N–H and O–H groups in total. The van der Waals surface area contributed by atoms with Crippen LogP contribution in [0.5, 0.6) is 0 Å². The van der Waals surface area contributed by atoms with E-state index in [9.17, 15) is 5.11 Å². The summed E-state index contributed by atoms with van der Waals surface area (Å²) in [6, 6.07) is 0.387. The summed E-state index contributed by atoms with van der Waals surface area (Å²) in [6.07, 6.45) is 4.89. The maximum absolute atomic E-state index is 9.19. The molecule has 1 aliphatic heterocycles. The summed E-state index contributed by atoms with van der Waals surface area (Å²) in [5.74, 6) is 0. The van der Waals surface area contributed by atoms with Crippen LogP contribution in [0.3, 0.4) is 0 Å². The van der Waals surface area contributed by atoms with Gasteiger partial charge in [-0.3, -0.25) is 4.90 Å². The molecule has 0 aliphatic carbocycles. The van der Waals surface area contributed by atoms with Crippen LogP contribution in [0.25, 0.3) is 0 Å². The van der Waals surface area contributed by atoms with Gasteiger partial charge in [-0.05, 0) is 13.3 Å². The van der Waals surface area contributed by atoms with Crippen molar-refractivity contribution in [2.24, 2.45) is 0 Å². The van der Waals surface area contributed by atoms with E-state index in [1.54, 1.807) is 0 Å². The number of hydrogen-bond acceptors (Lipinski definition) is 4. The van der Waals surface area contributed by atoms with Crippen LogP contribution in [-0.4, -0.2) is 51.5 Å². The van der Waals surface area contributed by atoms with Crippen molar-refractivity contribution in [3.8, 4) is 0 Å². The lowest BCUT2D eigenvalue weighted by molar-refractivity contribution is -0.0811. The van der Waals surface area contributed by atoms with Crippen molar-refractivity contribution in [2.75, 3.05) is 19.8 Å². The molecule has 0 radical (unpaired) electrons. The molecule has 0 amide bonds. The molecule has 1 aromatic heterocycles. The Morgan fingerprint density at radius 1 is 1.56 bits per heavy atom. The fourth-order valence-corrected chi connectivity index (χ4v) is 2.34. The maximum atomic E-state index is 9.19. The normalized spacial score (nSPS) is 25.5. The molecule has 5 nitrogen and oxygen atoms in total. The zero-order valence-corrected chi connectivity index (χ0v) is 11.2. The molecule has 1 aromatic rings. The van der Waals surface area contributed by atoms with E-state index in [0.717, 1.165) is 26.1 Å². The minimum atomic E-state index is -0.0521. The number of ether oxygens (including phenoxy) is 1. The van der Waals surface area contributed by atoms with Crippen LogP contribution in [0.1, 0.15) is 26.0 Å². The van der Waals surface area contributed by atoms with E-state index in [4.69, 9.17) is 4.74 Å². The molecule has 18 heavy (non-hydrogen) atoms. The summed E-state index contributed by atoms with van der Waals surface area (Å²) >= 11 is 0. The number of hydrogen-bond donors (Lipinski definition) is 1. The van der Waals surface area contributed by atoms with E-state index < -0.39 is 0 Å².